The highest BCUT2D eigenvalue weighted by Crippen LogP contribution is 2.20. The molecule has 1 N–H and O–H groups in total. The van der Waals surface area contributed by atoms with E-state index >= 15 is 0 Å². The predicted molar refractivity (Wildman–Crippen MR) is 84.4 cm³/mol. The van der Waals surface area contributed by atoms with Crippen LogP contribution in [0.4, 0.5) is 4.79 Å². The normalized spacial score (nSPS) is 20.6. The Kier molecular flexibility index (Phi) is 6.94. The first kappa shape index (κ1) is 18.2. The molecule has 21 heavy (non-hydrogen) atoms. The second-order valence-corrected chi connectivity index (χ2v) is 7.14. The fraction of sp³-hybridized carbons (Fsp3) is 0.938. The molecule has 1 unspecified atom stereocenters. The number of nitrogens with zero attached hydrogens (tertiary/aromatic N) is 2. The third kappa shape index (κ3) is 6.22. The van der Waals surface area contributed by atoms with Crippen molar-refractivity contribution in [2.45, 2.75) is 71.6 Å². The second kappa shape index (κ2) is 7.99. The van der Waals surface area contributed by atoms with Crippen LogP contribution in [0.3, 0.4) is 0 Å². The number of ether oxygens (including phenoxy) is 1. The van der Waals surface area contributed by atoms with Crippen LogP contribution in [0.25, 0.3) is 0 Å². The summed E-state index contributed by atoms with van der Waals surface area (Å²) in [4.78, 5) is 16.5. The quantitative estimate of drug-likeness (QED) is 0.847. The maximum absolute atomic E-state index is 12.4. The lowest BCUT2D eigenvalue weighted by Gasteiger charge is -2.40. The van der Waals surface area contributed by atoms with Crippen LogP contribution in [0.15, 0.2) is 0 Å². The van der Waals surface area contributed by atoms with Gasteiger partial charge in [-0.1, -0.05) is 6.42 Å². The Bertz CT molecular complexity index is 324. The van der Waals surface area contributed by atoms with E-state index in [1.807, 2.05) is 39.5 Å². The SMILES string of the molecule is CC(C)N(CC1CCCCN1CCO)C(=O)OC(C)(C)C. The molecule has 5 heteroatoms. The number of β-amino-alcohol motifs (C(OH)–C–C–N with tert-alkyl or cyclic N) is 1. The molecule has 0 aromatic rings. The summed E-state index contributed by atoms with van der Waals surface area (Å²) < 4.78 is 5.52. The molecule has 0 aliphatic carbocycles. The maximum atomic E-state index is 12.4. The Balaban J connectivity index is 2.70. The van der Waals surface area contributed by atoms with Gasteiger partial charge in [0.1, 0.15) is 5.60 Å². The molecule has 0 spiro atoms. The summed E-state index contributed by atoms with van der Waals surface area (Å²) in [6.45, 7) is 12.2. The third-order valence-corrected chi connectivity index (χ3v) is 3.80. The number of aliphatic hydroxyl groups excluding tert-OH is 1. The number of carbonyl (C=O) groups excluding carboxylic acids is 1. The molecule has 0 aromatic carbocycles. The van der Waals surface area contributed by atoms with Crippen LogP contribution in [0.5, 0.6) is 0 Å². The molecule has 0 bridgehead atoms. The molecule has 0 radical (unpaired) electrons. The summed E-state index contributed by atoms with van der Waals surface area (Å²) in [6.07, 6.45) is 3.19. The van der Waals surface area contributed by atoms with Gasteiger partial charge in [0.15, 0.2) is 0 Å². The summed E-state index contributed by atoms with van der Waals surface area (Å²) >= 11 is 0. The molecule has 124 valence electrons. The van der Waals surface area contributed by atoms with Crippen molar-refractivity contribution in [3.8, 4) is 0 Å². The Hall–Kier alpha value is -0.810. The first-order valence-electron chi connectivity index (χ1n) is 8.09. The molecule has 0 aromatic heterocycles. The number of hydrogen-bond acceptors (Lipinski definition) is 4. The van der Waals surface area contributed by atoms with Gasteiger partial charge in [0.25, 0.3) is 0 Å². The molecular weight excluding hydrogens is 268 g/mol. The molecule has 1 saturated heterocycles. The third-order valence-electron chi connectivity index (χ3n) is 3.80. The first-order chi connectivity index (χ1) is 9.74. The summed E-state index contributed by atoms with van der Waals surface area (Å²) in [6, 6.07) is 0.429. The number of rotatable bonds is 5. The van der Waals surface area contributed by atoms with E-state index in [2.05, 4.69) is 4.90 Å². The minimum absolute atomic E-state index is 0.109. The summed E-state index contributed by atoms with van der Waals surface area (Å²) in [5.41, 5.74) is -0.471. The largest absolute Gasteiger partial charge is 0.444 e. The van der Waals surface area contributed by atoms with Crippen molar-refractivity contribution < 1.29 is 14.6 Å². The Labute approximate surface area is 129 Å². The van der Waals surface area contributed by atoms with Crippen LogP contribution >= 0.6 is 0 Å². The van der Waals surface area contributed by atoms with Gasteiger partial charge in [-0.2, -0.15) is 0 Å². The minimum Gasteiger partial charge on any atom is -0.444 e. The van der Waals surface area contributed by atoms with E-state index in [1.165, 1.54) is 12.8 Å². The molecule has 5 nitrogen and oxygen atoms in total. The smallest absolute Gasteiger partial charge is 0.410 e. The summed E-state index contributed by atoms with van der Waals surface area (Å²) in [5, 5.41) is 9.19. The molecule has 0 saturated carbocycles. The lowest BCUT2D eigenvalue weighted by atomic mass is 10.0. The van der Waals surface area contributed by atoms with E-state index in [0.717, 1.165) is 13.0 Å². The maximum Gasteiger partial charge on any atom is 0.410 e. The van der Waals surface area contributed by atoms with Crippen LogP contribution in [0, 0.1) is 0 Å². The van der Waals surface area contributed by atoms with Crippen molar-refractivity contribution in [1.29, 1.82) is 0 Å². The van der Waals surface area contributed by atoms with Gasteiger partial charge in [-0.05, 0) is 54.0 Å². The van der Waals surface area contributed by atoms with Crippen molar-refractivity contribution in [1.82, 2.24) is 9.80 Å². The number of hydrogen-bond donors (Lipinski definition) is 1. The van der Waals surface area contributed by atoms with E-state index in [-0.39, 0.29) is 18.7 Å². The number of amides is 1. The van der Waals surface area contributed by atoms with Crippen LogP contribution in [-0.4, -0.2) is 64.9 Å². The number of likely N-dealkylation sites (tertiary alicyclic amines) is 1. The van der Waals surface area contributed by atoms with Crippen molar-refractivity contribution in [3.05, 3.63) is 0 Å². The molecule has 1 fully saturated rings. The predicted octanol–water partition coefficient (Wildman–Crippen LogP) is 2.48. The average Bonchev–Trinajstić information content (AvgIpc) is 2.35. The molecule has 1 atom stereocenters. The second-order valence-electron chi connectivity index (χ2n) is 7.14. The van der Waals surface area contributed by atoms with Gasteiger partial charge in [-0.15, -0.1) is 0 Å². The van der Waals surface area contributed by atoms with Crippen LogP contribution in [-0.2, 0) is 4.74 Å². The highest BCUT2D eigenvalue weighted by molar-refractivity contribution is 5.68. The minimum atomic E-state index is -0.471. The number of carbonyl (C=O) groups is 1. The van der Waals surface area contributed by atoms with Gasteiger partial charge in [0.2, 0.25) is 0 Å². The van der Waals surface area contributed by atoms with Gasteiger partial charge in [0.05, 0.1) is 6.61 Å². The van der Waals surface area contributed by atoms with Crippen molar-refractivity contribution >= 4 is 6.09 Å². The van der Waals surface area contributed by atoms with Gasteiger partial charge in [-0.25, -0.2) is 4.79 Å². The summed E-state index contributed by atoms with van der Waals surface area (Å²) in [7, 11) is 0. The van der Waals surface area contributed by atoms with Gasteiger partial charge >= 0.3 is 6.09 Å². The van der Waals surface area contributed by atoms with Crippen molar-refractivity contribution in [3.63, 3.8) is 0 Å². The Morgan fingerprint density at radius 3 is 2.57 bits per heavy atom. The zero-order chi connectivity index (χ0) is 16.0. The molecule has 1 rings (SSSR count). The lowest BCUT2D eigenvalue weighted by Crippen LogP contribution is -2.51. The van der Waals surface area contributed by atoms with Gasteiger partial charge in [-0.3, -0.25) is 4.90 Å². The van der Waals surface area contributed by atoms with E-state index in [1.54, 1.807) is 0 Å². The molecular formula is C16H32N2O3. The Morgan fingerprint density at radius 1 is 1.38 bits per heavy atom. The van der Waals surface area contributed by atoms with E-state index in [4.69, 9.17) is 4.74 Å². The Morgan fingerprint density at radius 2 is 2.05 bits per heavy atom. The van der Waals surface area contributed by atoms with E-state index < -0.39 is 5.60 Å². The zero-order valence-electron chi connectivity index (χ0n) is 14.3. The van der Waals surface area contributed by atoms with Crippen LogP contribution < -0.4 is 0 Å². The standard InChI is InChI=1S/C16H32N2O3/c1-13(2)18(15(20)21-16(3,4)5)12-14-8-6-7-9-17(14)10-11-19/h13-14,19H,6-12H2,1-5H3. The zero-order valence-corrected chi connectivity index (χ0v) is 14.3. The fourth-order valence-electron chi connectivity index (χ4n) is 2.73. The summed E-state index contributed by atoms with van der Waals surface area (Å²) in [5.74, 6) is 0. The van der Waals surface area contributed by atoms with E-state index in [0.29, 0.717) is 19.1 Å². The van der Waals surface area contributed by atoms with Gasteiger partial charge < -0.3 is 14.7 Å². The topological polar surface area (TPSA) is 53.0 Å². The van der Waals surface area contributed by atoms with Crippen LogP contribution in [0.2, 0.25) is 0 Å². The highest BCUT2D eigenvalue weighted by Gasteiger charge is 2.30. The molecule has 1 aliphatic rings. The van der Waals surface area contributed by atoms with Crippen molar-refractivity contribution in [2.75, 3.05) is 26.2 Å². The molecule has 1 aliphatic heterocycles. The average molecular weight is 300 g/mol. The van der Waals surface area contributed by atoms with Gasteiger partial charge in [0, 0.05) is 25.2 Å². The van der Waals surface area contributed by atoms with E-state index in [9.17, 15) is 9.90 Å². The monoisotopic (exact) mass is 300 g/mol. The van der Waals surface area contributed by atoms with Crippen molar-refractivity contribution in [2.24, 2.45) is 0 Å². The first-order valence-corrected chi connectivity index (χ1v) is 8.09. The highest BCUT2D eigenvalue weighted by atomic mass is 16.6. The number of aliphatic hydroxyl groups is 1. The number of piperidine rings is 1. The molecule has 1 heterocycles. The van der Waals surface area contributed by atoms with Crippen LogP contribution in [0.1, 0.15) is 53.9 Å². The molecule has 1 amide bonds. The lowest BCUT2D eigenvalue weighted by molar-refractivity contribution is 0.00775. The fourth-order valence-corrected chi connectivity index (χ4v) is 2.73.